The lowest BCUT2D eigenvalue weighted by molar-refractivity contribution is 0.132. The van der Waals surface area contributed by atoms with Crippen LogP contribution in [0.1, 0.15) is 46.1 Å². The van der Waals surface area contributed by atoms with Crippen LogP contribution in [0.4, 0.5) is 0 Å². The lowest BCUT2D eigenvalue weighted by Crippen LogP contribution is -2.18. The van der Waals surface area contributed by atoms with Gasteiger partial charge >= 0.3 is 0 Å². The maximum Gasteiger partial charge on any atom is 0.0935 e. The highest BCUT2D eigenvalue weighted by atomic mass is 16.3. The monoisotopic (exact) mass is 224 g/mol. The number of aliphatic hydroxyl groups is 1. The summed E-state index contributed by atoms with van der Waals surface area (Å²) in [6.07, 6.45) is 5.82. The molecule has 16 heavy (non-hydrogen) atoms. The molecule has 0 radical (unpaired) electrons. The predicted octanol–water partition coefficient (Wildman–Crippen LogP) is 3.65. The first kappa shape index (κ1) is 13.3. The molecular formula is C14H24O2. The number of hydrogen-bond acceptors (Lipinski definition) is 2. The second-order valence-electron chi connectivity index (χ2n) is 6.10. The molecule has 2 heteroatoms. The van der Waals surface area contributed by atoms with Crippen LogP contribution >= 0.6 is 0 Å². The second kappa shape index (κ2) is 5.53. The summed E-state index contributed by atoms with van der Waals surface area (Å²) in [5.74, 6) is 0.557. The Balaban J connectivity index is 2.31. The van der Waals surface area contributed by atoms with Crippen LogP contribution in [0.2, 0.25) is 0 Å². The van der Waals surface area contributed by atoms with Crippen LogP contribution in [0, 0.1) is 11.3 Å². The second-order valence-corrected chi connectivity index (χ2v) is 6.10. The zero-order valence-corrected chi connectivity index (χ0v) is 10.9. The van der Waals surface area contributed by atoms with Crippen LogP contribution in [0.25, 0.3) is 0 Å². The van der Waals surface area contributed by atoms with E-state index in [9.17, 15) is 5.11 Å². The summed E-state index contributed by atoms with van der Waals surface area (Å²) in [4.78, 5) is 0. The summed E-state index contributed by atoms with van der Waals surface area (Å²) in [6, 6.07) is 1.91. The van der Waals surface area contributed by atoms with E-state index in [0.29, 0.717) is 17.8 Å². The zero-order chi connectivity index (χ0) is 12.2. The van der Waals surface area contributed by atoms with Gasteiger partial charge in [-0.2, -0.15) is 0 Å². The quantitative estimate of drug-likeness (QED) is 0.828. The molecule has 0 fully saturated rings. The number of hydrogen-bond donors (Lipinski definition) is 1. The Kier molecular flexibility index (Phi) is 4.60. The van der Waals surface area contributed by atoms with Crippen molar-refractivity contribution in [1.29, 1.82) is 0 Å². The summed E-state index contributed by atoms with van der Waals surface area (Å²) in [5.41, 5.74) is 1.42. The molecule has 0 spiro atoms. The Bertz CT molecular complexity index is 282. The Morgan fingerprint density at radius 3 is 2.56 bits per heavy atom. The first-order chi connectivity index (χ1) is 7.37. The Hall–Kier alpha value is -0.760. The van der Waals surface area contributed by atoms with E-state index in [1.807, 2.05) is 6.07 Å². The van der Waals surface area contributed by atoms with Gasteiger partial charge in [0.2, 0.25) is 0 Å². The minimum absolute atomic E-state index is 0.255. The van der Waals surface area contributed by atoms with E-state index in [2.05, 4.69) is 27.7 Å². The van der Waals surface area contributed by atoms with E-state index in [4.69, 9.17) is 4.42 Å². The van der Waals surface area contributed by atoms with Crippen molar-refractivity contribution in [1.82, 2.24) is 0 Å². The molecule has 1 aromatic rings. The summed E-state index contributed by atoms with van der Waals surface area (Å²) in [7, 11) is 0. The van der Waals surface area contributed by atoms with Gasteiger partial charge in [-0.3, -0.25) is 0 Å². The van der Waals surface area contributed by atoms with Crippen molar-refractivity contribution in [2.75, 3.05) is 0 Å². The molecule has 0 aliphatic carbocycles. The highest BCUT2D eigenvalue weighted by molar-refractivity contribution is 5.06. The SMILES string of the molecule is CC(CC(O)Cc1ccoc1)CC(C)(C)C. The van der Waals surface area contributed by atoms with Crippen molar-refractivity contribution in [2.45, 2.75) is 53.1 Å². The summed E-state index contributed by atoms with van der Waals surface area (Å²) in [5, 5.41) is 9.95. The molecule has 0 aromatic carbocycles. The standard InChI is InChI=1S/C14H24O2/c1-11(9-14(2,3)4)7-13(15)8-12-5-6-16-10-12/h5-6,10-11,13,15H,7-9H2,1-4H3. The average molecular weight is 224 g/mol. The highest BCUT2D eigenvalue weighted by Gasteiger charge is 2.18. The third kappa shape index (κ3) is 5.36. The van der Waals surface area contributed by atoms with Crippen molar-refractivity contribution in [3.05, 3.63) is 24.2 Å². The average Bonchev–Trinajstić information content (AvgIpc) is 2.51. The van der Waals surface area contributed by atoms with Crippen molar-refractivity contribution in [3.63, 3.8) is 0 Å². The molecule has 2 unspecified atom stereocenters. The van der Waals surface area contributed by atoms with Crippen molar-refractivity contribution < 1.29 is 9.52 Å². The Labute approximate surface area is 98.7 Å². The largest absolute Gasteiger partial charge is 0.472 e. The van der Waals surface area contributed by atoms with Crippen molar-refractivity contribution in [3.8, 4) is 0 Å². The third-order valence-electron chi connectivity index (χ3n) is 2.69. The summed E-state index contributed by atoms with van der Waals surface area (Å²) in [6.45, 7) is 8.94. The minimum Gasteiger partial charge on any atom is -0.472 e. The van der Waals surface area contributed by atoms with Gasteiger partial charge in [0, 0.05) is 6.42 Å². The zero-order valence-electron chi connectivity index (χ0n) is 10.9. The molecule has 1 aromatic heterocycles. The molecule has 2 nitrogen and oxygen atoms in total. The molecule has 0 aliphatic heterocycles. The lowest BCUT2D eigenvalue weighted by Gasteiger charge is -2.24. The van der Waals surface area contributed by atoms with Crippen LogP contribution in [-0.4, -0.2) is 11.2 Å². The maximum atomic E-state index is 9.95. The van der Waals surface area contributed by atoms with E-state index in [0.717, 1.165) is 18.4 Å². The van der Waals surface area contributed by atoms with E-state index < -0.39 is 0 Å². The van der Waals surface area contributed by atoms with Crippen LogP contribution in [0.5, 0.6) is 0 Å². The molecule has 1 rings (SSSR count). The molecule has 92 valence electrons. The van der Waals surface area contributed by atoms with Crippen LogP contribution in [-0.2, 0) is 6.42 Å². The van der Waals surface area contributed by atoms with Crippen LogP contribution < -0.4 is 0 Å². The topological polar surface area (TPSA) is 33.4 Å². The summed E-state index contributed by atoms with van der Waals surface area (Å²) < 4.78 is 4.99. The van der Waals surface area contributed by atoms with Crippen molar-refractivity contribution in [2.24, 2.45) is 11.3 Å². The maximum absolute atomic E-state index is 9.95. The van der Waals surface area contributed by atoms with E-state index >= 15 is 0 Å². The molecule has 0 saturated carbocycles. The molecule has 0 aliphatic rings. The lowest BCUT2D eigenvalue weighted by atomic mass is 9.83. The molecule has 1 heterocycles. The molecule has 1 N–H and O–H groups in total. The summed E-state index contributed by atoms with van der Waals surface area (Å²) >= 11 is 0. The first-order valence-corrected chi connectivity index (χ1v) is 6.06. The Morgan fingerprint density at radius 2 is 2.06 bits per heavy atom. The van der Waals surface area contributed by atoms with E-state index in [1.165, 1.54) is 0 Å². The van der Waals surface area contributed by atoms with Gasteiger partial charge in [-0.1, -0.05) is 27.7 Å². The van der Waals surface area contributed by atoms with Gasteiger partial charge < -0.3 is 9.52 Å². The highest BCUT2D eigenvalue weighted by Crippen LogP contribution is 2.27. The Morgan fingerprint density at radius 1 is 1.38 bits per heavy atom. The number of aliphatic hydroxyl groups excluding tert-OH is 1. The van der Waals surface area contributed by atoms with E-state index in [-0.39, 0.29) is 6.10 Å². The first-order valence-electron chi connectivity index (χ1n) is 6.06. The van der Waals surface area contributed by atoms with Crippen LogP contribution in [0.15, 0.2) is 23.0 Å². The van der Waals surface area contributed by atoms with Crippen molar-refractivity contribution >= 4 is 0 Å². The fourth-order valence-electron chi connectivity index (χ4n) is 2.36. The fourth-order valence-corrected chi connectivity index (χ4v) is 2.36. The third-order valence-corrected chi connectivity index (χ3v) is 2.69. The fraction of sp³-hybridized carbons (Fsp3) is 0.714. The van der Waals surface area contributed by atoms with Gasteiger partial charge in [0.1, 0.15) is 0 Å². The molecule has 2 atom stereocenters. The molecule has 0 saturated heterocycles. The van der Waals surface area contributed by atoms with Gasteiger partial charge in [-0.15, -0.1) is 0 Å². The van der Waals surface area contributed by atoms with Crippen LogP contribution in [0.3, 0.4) is 0 Å². The van der Waals surface area contributed by atoms with Gasteiger partial charge in [-0.25, -0.2) is 0 Å². The molecular weight excluding hydrogens is 200 g/mol. The smallest absolute Gasteiger partial charge is 0.0935 e. The van der Waals surface area contributed by atoms with Gasteiger partial charge in [-0.05, 0) is 35.8 Å². The van der Waals surface area contributed by atoms with Gasteiger partial charge in [0.25, 0.3) is 0 Å². The van der Waals surface area contributed by atoms with Gasteiger partial charge in [0.15, 0.2) is 0 Å². The molecule has 0 bridgehead atoms. The number of rotatable bonds is 5. The normalized spacial score (nSPS) is 16.1. The minimum atomic E-state index is -0.255. The molecule has 0 amide bonds. The predicted molar refractivity (Wildman–Crippen MR) is 66.3 cm³/mol. The van der Waals surface area contributed by atoms with Gasteiger partial charge in [0.05, 0.1) is 18.6 Å². The van der Waals surface area contributed by atoms with E-state index in [1.54, 1.807) is 12.5 Å². The number of furan rings is 1.